The summed E-state index contributed by atoms with van der Waals surface area (Å²) in [5, 5.41) is 4.09. The SMILES string of the molecule is CNC(c1ccc(F)c(C)c1)c1ncc(Cl)cc1Cl. The average molecular weight is 299 g/mol. The fraction of sp³-hybridized carbons (Fsp3) is 0.214. The number of benzene rings is 1. The minimum Gasteiger partial charge on any atom is -0.308 e. The average Bonchev–Trinajstić information content (AvgIpc) is 2.37. The van der Waals surface area contributed by atoms with Gasteiger partial charge in [0.2, 0.25) is 0 Å². The third kappa shape index (κ3) is 3.06. The third-order valence-corrected chi connectivity index (χ3v) is 3.42. The Hall–Kier alpha value is -1.16. The van der Waals surface area contributed by atoms with Crippen molar-refractivity contribution >= 4 is 23.2 Å². The van der Waals surface area contributed by atoms with Gasteiger partial charge in [0.05, 0.1) is 21.8 Å². The Kier molecular flexibility index (Phi) is 4.40. The molecule has 1 N–H and O–H groups in total. The molecule has 0 aliphatic rings. The predicted octanol–water partition coefficient (Wildman–Crippen LogP) is 4.14. The van der Waals surface area contributed by atoms with Crippen molar-refractivity contribution in [2.75, 3.05) is 7.05 Å². The lowest BCUT2D eigenvalue weighted by Crippen LogP contribution is -2.19. The zero-order valence-electron chi connectivity index (χ0n) is 10.5. The molecule has 1 unspecified atom stereocenters. The van der Waals surface area contributed by atoms with E-state index in [1.165, 1.54) is 6.07 Å². The van der Waals surface area contributed by atoms with Crippen LogP contribution in [-0.4, -0.2) is 12.0 Å². The minimum atomic E-state index is -0.228. The molecule has 0 aliphatic heterocycles. The van der Waals surface area contributed by atoms with Gasteiger partial charge in [-0.2, -0.15) is 0 Å². The van der Waals surface area contributed by atoms with Gasteiger partial charge in [-0.25, -0.2) is 4.39 Å². The maximum Gasteiger partial charge on any atom is 0.126 e. The van der Waals surface area contributed by atoms with Gasteiger partial charge in [0.1, 0.15) is 5.82 Å². The van der Waals surface area contributed by atoms with E-state index in [4.69, 9.17) is 23.2 Å². The standard InChI is InChI=1S/C14H13Cl2FN2/c1-8-5-9(3-4-12(8)17)13(18-2)14-11(16)6-10(15)7-19-14/h3-7,13,18H,1-2H3. The Balaban J connectivity index is 2.46. The Morgan fingerprint density at radius 2 is 2.00 bits per heavy atom. The van der Waals surface area contributed by atoms with Crippen molar-refractivity contribution in [3.63, 3.8) is 0 Å². The van der Waals surface area contributed by atoms with Gasteiger partial charge < -0.3 is 5.32 Å². The summed E-state index contributed by atoms with van der Waals surface area (Å²) in [4.78, 5) is 4.26. The van der Waals surface area contributed by atoms with E-state index in [1.807, 2.05) is 0 Å². The van der Waals surface area contributed by atoms with Crippen LogP contribution in [0.5, 0.6) is 0 Å². The number of nitrogens with one attached hydrogen (secondary N) is 1. The number of nitrogens with zero attached hydrogens (tertiary/aromatic N) is 1. The molecule has 1 atom stereocenters. The molecule has 2 nitrogen and oxygen atoms in total. The van der Waals surface area contributed by atoms with E-state index in [9.17, 15) is 4.39 Å². The van der Waals surface area contributed by atoms with Gasteiger partial charge in [-0.05, 0) is 37.2 Å². The highest BCUT2D eigenvalue weighted by Gasteiger charge is 2.17. The molecule has 0 saturated heterocycles. The van der Waals surface area contributed by atoms with Crippen LogP contribution in [0, 0.1) is 12.7 Å². The lowest BCUT2D eigenvalue weighted by molar-refractivity contribution is 0.612. The van der Waals surface area contributed by atoms with Crippen molar-refractivity contribution in [1.82, 2.24) is 10.3 Å². The van der Waals surface area contributed by atoms with E-state index >= 15 is 0 Å². The molecule has 0 radical (unpaired) electrons. The Bertz CT molecular complexity index is 602. The van der Waals surface area contributed by atoms with E-state index in [-0.39, 0.29) is 11.9 Å². The zero-order chi connectivity index (χ0) is 14.0. The minimum absolute atomic E-state index is 0.205. The summed E-state index contributed by atoms with van der Waals surface area (Å²) in [6, 6.07) is 6.38. The Morgan fingerprint density at radius 1 is 1.26 bits per heavy atom. The first-order valence-electron chi connectivity index (χ1n) is 5.77. The monoisotopic (exact) mass is 298 g/mol. The Labute approximate surface area is 121 Å². The number of aryl methyl sites for hydroxylation is 1. The molecule has 0 saturated carbocycles. The summed E-state index contributed by atoms with van der Waals surface area (Å²) < 4.78 is 13.3. The Morgan fingerprint density at radius 3 is 2.58 bits per heavy atom. The predicted molar refractivity (Wildman–Crippen MR) is 76.3 cm³/mol. The van der Waals surface area contributed by atoms with E-state index in [2.05, 4.69) is 10.3 Å². The van der Waals surface area contributed by atoms with Gasteiger partial charge in [-0.3, -0.25) is 4.98 Å². The highest BCUT2D eigenvalue weighted by atomic mass is 35.5. The quantitative estimate of drug-likeness (QED) is 0.921. The van der Waals surface area contributed by atoms with Gasteiger partial charge in [-0.15, -0.1) is 0 Å². The smallest absolute Gasteiger partial charge is 0.126 e. The summed E-state index contributed by atoms with van der Waals surface area (Å²) in [5.74, 6) is -0.228. The van der Waals surface area contributed by atoms with Crippen molar-refractivity contribution in [3.05, 3.63) is 63.1 Å². The lowest BCUT2D eigenvalue weighted by atomic mass is 10.0. The number of halogens is 3. The van der Waals surface area contributed by atoms with E-state index < -0.39 is 0 Å². The van der Waals surface area contributed by atoms with Crippen LogP contribution in [-0.2, 0) is 0 Å². The number of hydrogen-bond donors (Lipinski definition) is 1. The van der Waals surface area contributed by atoms with Gasteiger partial charge in [-0.1, -0.05) is 35.3 Å². The van der Waals surface area contributed by atoms with Gasteiger partial charge in [0.15, 0.2) is 0 Å². The first-order chi connectivity index (χ1) is 9.02. The van der Waals surface area contributed by atoms with E-state index in [0.717, 1.165) is 5.56 Å². The zero-order valence-corrected chi connectivity index (χ0v) is 12.1. The van der Waals surface area contributed by atoms with Crippen LogP contribution in [0.25, 0.3) is 0 Å². The summed E-state index contributed by atoms with van der Waals surface area (Å²) in [5.41, 5.74) is 2.15. The molecule has 1 heterocycles. The molecular weight excluding hydrogens is 286 g/mol. The largest absolute Gasteiger partial charge is 0.308 e. The van der Waals surface area contributed by atoms with Crippen molar-refractivity contribution in [2.24, 2.45) is 0 Å². The molecule has 1 aromatic heterocycles. The number of rotatable bonds is 3. The summed E-state index contributed by atoms with van der Waals surface area (Å²) in [6.45, 7) is 1.72. The fourth-order valence-electron chi connectivity index (χ4n) is 1.95. The summed E-state index contributed by atoms with van der Waals surface area (Å²) >= 11 is 12.0. The fourth-order valence-corrected chi connectivity index (χ4v) is 2.44. The molecule has 1 aromatic carbocycles. The molecule has 0 spiro atoms. The molecule has 5 heteroatoms. The number of aromatic nitrogens is 1. The maximum absolute atomic E-state index is 13.3. The molecular formula is C14H13Cl2FN2. The lowest BCUT2D eigenvalue weighted by Gasteiger charge is -2.18. The van der Waals surface area contributed by atoms with Gasteiger partial charge in [0, 0.05) is 6.20 Å². The van der Waals surface area contributed by atoms with E-state index in [0.29, 0.717) is 21.3 Å². The van der Waals surface area contributed by atoms with Crippen molar-refractivity contribution in [2.45, 2.75) is 13.0 Å². The molecule has 2 aromatic rings. The van der Waals surface area contributed by atoms with Crippen LogP contribution < -0.4 is 5.32 Å². The van der Waals surface area contributed by atoms with Crippen LogP contribution in [0.3, 0.4) is 0 Å². The normalized spacial score (nSPS) is 12.5. The first kappa shape index (κ1) is 14.3. The van der Waals surface area contributed by atoms with Crippen LogP contribution in [0.2, 0.25) is 10.0 Å². The molecule has 2 rings (SSSR count). The topological polar surface area (TPSA) is 24.9 Å². The second kappa shape index (κ2) is 5.87. The van der Waals surface area contributed by atoms with Crippen LogP contribution in [0.4, 0.5) is 4.39 Å². The molecule has 0 fully saturated rings. The van der Waals surface area contributed by atoms with Crippen LogP contribution in [0.1, 0.15) is 22.9 Å². The molecule has 0 aliphatic carbocycles. The van der Waals surface area contributed by atoms with Crippen molar-refractivity contribution in [1.29, 1.82) is 0 Å². The maximum atomic E-state index is 13.3. The summed E-state index contributed by atoms with van der Waals surface area (Å²) in [6.07, 6.45) is 1.55. The van der Waals surface area contributed by atoms with Crippen molar-refractivity contribution < 1.29 is 4.39 Å². The summed E-state index contributed by atoms with van der Waals surface area (Å²) in [7, 11) is 1.80. The van der Waals surface area contributed by atoms with Gasteiger partial charge >= 0.3 is 0 Å². The third-order valence-electron chi connectivity index (χ3n) is 2.91. The molecule has 0 bridgehead atoms. The van der Waals surface area contributed by atoms with Crippen LogP contribution in [0.15, 0.2) is 30.5 Å². The van der Waals surface area contributed by atoms with Gasteiger partial charge in [0.25, 0.3) is 0 Å². The molecule has 19 heavy (non-hydrogen) atoms. The number of hydrogen-bond acceptors (Lipinski definition) is 2. The number of pyridine rings is 1. The molecule has 0 amide bonds. The second-order valence-corrected chi connectivity index (χ2v) is 5.09. The van der Waals surface area contributed by atoms with Crippen molar-refractivity contribution in [3.8, 4) is 0 Å². The molecule has 100 valence electrons. The highest BCUT2D eigenvalue weighted by molar-refractivity contribution is 6.34. The second-order valence-electron chi connectivity index (χ2n) is 4.25. The van der Waals surface area contributed by atoms with Crippen LogP contribution >= 0.6 is 23.2 Å². The highest BCUT2D eigenvalue weighted by Crippen LogP contribution is 2.28. The first-order valence-corrected chi connectivity index (χ1v) is 6.52. The van der Waals surface area contributed by atoms with E-state index in [1.54, 1.807) is 38.4 Å².